The van der Waals surface area contributed by atoms with E-state index in [4.69, 9.17) is 0 Å². The molecule has 2 nitrogen and oxygen atoms in total. The van der Waals surface area contributed by atoms with E-state index in [9.17, 15) is 0 Å². The first-order valence-corrected chi connectivity index (χ1v) is 11.2. The molecule has 0 saturated heterocycles. The smallest absolute Gasteiger partial charge is 0.0989 e. The lowest BCUT2D eigenvalue weighted by atomic mass is 9.91. The highest BCUT2D eigenvalue weighted by atomic mass is 15.3. The van der Waals surface area contributed by atoms with Crippen molar-refractivity contribution in [2.45, 2.75) is 79.1 Å². The fourth-order valence-electron chi connectivity index (χ4n) is 4.40. The van der Waals surface area contributed by atoms with E-state index in [-0.39, 0.29) is 0 Å². The molecule has 2 aromatic carbocycles. The fraction of sp³-hybridized carbons (Fsp3) is 0.481. The van der Waals surface area contributed by atoms with Crippen LogP contribution in [0.1, 0.15) is 101 Å². The molecule has 2 aromatic rings. The van der Waals surface area contributed by atoms with Gasteiger partial charge in [0.15, 0.2) is 0 Å². The normalized spacial score (nSPS) is 14.3. The number of nitrogens with zero attached hydrogens (tertiary/aromatic N) is 2. The molecule has 0 amide bonds. The van der Waals surface area contributed by atoms with Crippen LogP contribution < -0.4 is 9.80 Å². The van der Waals surface area contributed by atoms with Gasteiger partial charge in [-0.2, -0.15) is 0 Å². The summed E-state index contributed by atoms with van der Waals surface area (Å²) in [5, 5.41) is 0. The van der Waals surface area contributed by atoms with E-state index in [1.807, 2.05) is 0 Å². The minimum absolute atomic E-state index is 0.500. The zero-order valence-electron chi connectivity index (χ0n) is 19.5. The monoisotopic (exact) mass is 390 g/mol. The summed E-state index contributed by atoms with van der Waals surface area (Å²) in [6.45, 7) is 19.2. The lowest BCUT2D eigenvalue weighted by Gasteiger charge is -2.31. The standard InChI is InChI=1S/C27H38N2/c1-18(2)22-11-9-12-23(19(3)4)26(22)28-15-16-29(17-28)27-24(20(5)6)13-10-14-25(27)21(7)8/h9-16,18-21H,17H2,1-8H3. The molecule has 0 unspecified atom stereocenters. The van der Waals surface area contributed by atoms with Gasteiger partial charge in [-0.05, 0) is 45.9 Å². The number of hydrogen-bond acceptors (Lipinski definition) is 2. The SMILES string of the molecule is CC(C)c1cccc(C(C)C)c1N1C=CN(c2c(C(C)C)cccc2C(C)C)C1. The fourth-order valence-corrected chi connectivity index (χ4v) is 4.40. The maximum Gasteiger partial charge on any atom is 0.0989 e. The van der Waals surface area contributed by atoms with Crippen molar-refractivity contribution in [3.05, 3.63) is 71.1 Å². The molecule has 0 aromatic heterocycles. The predicted molar refractivity (Wildman–Crippen MR) is 128 cm³/mol. The average molecular weight is 391 g/mol. The van der Waals surface area contributed by atoms with Crippen LogP contribution in [0.5, 0.6) is 0 Å². The summed E-state index contributed by atoms with van der Waals surface area (Å²) in [5.41, 5.74) is 8.52. The Morgan fingerprint density at radius 2 is 0.793 bits per heavy atom. The molecule has 0 radical (unpaired) electrons. The van der Waals surface area contributed by atoms with Crippen molar-refractivity contribution in [1.82, 2.24) is 0 Å². The van der Waals surface area contributed by atoms with Gasteiger partial charge in [-0.15, -0.1) is 0 Å². The topological polar surface area (TPSA) is 6.48 Å². The molecule has 1 aliphatic heterocycles. The van der Waals surface area contributed by atoms with E-state index in [2.05, 4.69) is 114 Å². The number of para-hydroxylation sites is 2. The molecular weight excluding hydrogens is 352 g/mol. The second-order valence-electron chi connectivity index (χ2n) is 9.57. The van der Waals surface area contributed by atoms with Gasteiger partial charge in [0.2, 0.25) is 0 Å². The van der Waals surface area contributed by atoms with E-state index in [1.165, 1.54) is 33.6 Å². The summed E-state index contributed by atoms with van der Waals surface area (Å²) in [6.07, 6.45) is 4.54. The highest BCUT2D eigenvalue weighted by Gasteiger charge is 2.26. The van der Waals surface area contributed by atoms with Crippen molar-refractivity contribution in [2.75, 3.05) is 16.5 Å². The molecule has 29 heavy (non-hydrogen) atoms. The quantitative estimate of drug-likeness (QED) is 0.494. The van der Waals surface area contributed by atoms with Crippen molar-refractivity contribution in [1.29, 1.82) is 0 Å². The van der Waals surface area contributed by atoms with Crippen LogP contribution in [0, 0.1) is 0 Å². The minimum atomic E-state index is 0.500. The maximum absolute atomic E-state index is 2.45. The molecule has 0 aliphatic carbocycles. The molecule has 1 aliphatic rings. The van der Waals surface area contributed by atoms with Gasteiger partial charge in [0.1, 0.15) is 0 Å². The second-order valence-corrected chi connectivity index (χ2v) is 9.57. The van der Waals surface area contributed by atoms with Gasteiger partial charge >= 0.3 is 0 Å². The van der Waals surface area contributed by atoms with Crippen molar-refractivity contribution < 1.29 is 0 Å². The van der Waals surface area contributed by atoms with Crippen LogP contribution in [0.25, 0.3) is 0 Å². The van der Waals surface area contributed by atoms with Crippen LogP contribution in [0.15, 0.2) is 48.8 Å². The molecule has 0 atom stereocenters. The van der Waals surface area contributed by atoms with Crippen LogP contribution in [0.2, 0.25) is 0 Å². The van der Waals surface area contributed by atoms with Crippen LogP contribution in [-0.2, 0) is 0 Å². The third-order valence-corrected chi connectivity index (χ3v) is 5.99. The van der Waals surface area contributed by atoms with Crippen LogP contribution in [0.3, 0.4) is 0 Å². The van der Waals surface area contributed by atoms with Crippen LogP contribution in [0.4, 0.5) is 11.4 Å². The van der Waals surface area contributed by atoms with Crippen molar-refractivity contribution >= 4 is 11.4 Å². The Balaban J connectivity index is 2.05. The zero-order chi connectivity index (χ0) is 21.3. The Morgan fingerprint density at radius 1 is 0.517 bits per heavy atom. The van der Waals surface area contributed by atoms with Crippen molar-refractivity contribution in [3.63, 3.8) is 0 Å². The van der Waals surface area contributed by atoms with Gasteiger partial charge in [-0.1, -0.05) is 91.8 Å². The summed E-state index contributed by atoms with van der Waals surface area (Å²) in [4.78, 5) is 4.90. The van der Waals surface area contributed by atoms with E-state index >= 15 is 0 Å². The third kappa shape index (κ3) is 4.22. The number of anilines is 2. The average Bonchev–Trinajstić information content (AvgIpc) is 3.15. The molecule has 0 N–H and O–H groups in total. The van der Waals surface area contributed by atoms with Crippen LogP contribution >= 0.6 is 0 Å². The Kier molecular flexibility index (Phi) is 6.41. The summed E-state index contributed by atoms with van der Waals surface area (Å²) in [6, 6.07) is 13.6. The first-order valence-electron chi connectivity index (χ1n) is 11.2. The molecule has 1 heterocycles. The van der Waals surface area contributed by atoms with Crippen molar-refractivity contribution in [3.8, 4) is 0 Å². The lowest BCUT2D eigenvalue weighted by molar-refractivity contribution is 0.803. The summed E-state index contributed by atoms with van der Waals surface area (Å²) >= 11 is 0. The highest BCUT2D eigenvalue weighted by molar-refractivity contribution is 5.70. The Hall–Kier alpha value is -2.22. The molecule has 0 saturated carbocycles. The van der Waals surface area contributed by atoms with Gasteiger partial charge in [-0.25, -0.2) is 0 Å². The van der Waals surface area contributed by atoms with Gasteiger partial charge < -0.3 is 9.80 Å². The second kappa shape index (κ2) is 8.65. The van der Waals surface area contributed by atoms with E-state index in [0.717, 1.165) is 6.67 Å². The lowest BCUT2D eigenvalue weighted by Crippen LogP contribution is -2.28. The maximum atomic E-state index is 2.45. The van der Waals surface area contributed by atoms with Gasteiger partial charge in [0, 0.05) is 23.8 Å². The van der Waals surface area contributed by atoms with E-state index in [0.29, 0.717) is 23.7 Å². The van der Waals surface area contributed by atoms with E-state index in [1.54, 1.807) is 0 Å². The highest BCUT2D eigenvalue weighted by Crippen LogP contribution is 2.40. The van der Waals surface area contributed by atoms with Gasteiger partial charge in [-0.3, -0.25) is 0 Å². The predicted octanol–water partition coefficient (Wildman–Crippen LogP) is 7.94. The van der Waals surface area contributed by atoms with Gasteiger partial charge in [0.05, 0.1) is 6.67 Å². The molecule has 0 spiro atoms. The molecule has 2 heteroatoms. The zero-order valence-corrected chi connectivity index (χ0v) is 19.5. The number of hydrogen-bond donors (Lipinski definition) is 0. The first kappa shape index (κ1) is 21.5. The molecular formula is C27H38N2. The first-order chi connectivity index (χ1) is 13.7. The molecule has 0 fully saturated rings. The van der Waals surface area contributed by atoms with Crippen molar-refractivity contribution in [2.24, 2.45) is 0 Å². The van der Waals surface area contributed by atoms with Crippen LogP contribution in [-0.4, -0.2) is 6.67 Å². The van der Waals surface area contributed by atoms with E-state index < -0.39 is 0 Å². The summed E-state index contributed by atoms with van der Waals surface area (Å²) in [5.74, 6) is 2.00. The molecule has 156 valence electrons. The minimum Gasteiger partial charge on any atom is -0.327 e. The Bertz CT molecular complexity index is 750. The summed E-state index contributed by atoms with van der Waals surface area (Å²) in [7, 11) is 0. The third-order valence-electron chi connectivity index (χ3n) is 5.99. The Morgan fingerprint density at radius 3 is 1.03 bits per heavy atom. The largest absolute Gasteiger partial charge is 0.327 e. The van der Waals surface area contributed by atoms with Gasteiger partial charge in [0.25, 0.3) is 0 Å². The summed E-state index contributed by atoms with van der Waals surface area (Å²) < 4.78 is 0. The molecule has 0 bridgehead atoms. The molecule has 3 rings (SSSR count). The number of benzene rings is 2. The number of rotatable bonds is 6. The Labute approximate surface area is 178 Å².